The van der Waals surface area contributed by atoms with Crippen LogP contribution in [0.2, 0.25) is 0 Å². The van der Waals surface area contributed by atoms with E-state index in [1.54, 1.807) is 6.92 Å². The van der Waals surface area contributed by atoms with Crippen molar-refractivity contribution >= 4 is 27.3 Å². The Labute approximate surface area is 147 Å². The van der Waals surface area contributed by atoms with Crippen LogP contribution in [-0.4, -0.2) is 27.4 Å². The van der Waals surface area contributed by atoms with Gasteiger partial charge < -0.3 is 10.2 Å². The molecule has 0 unspecified atom stereocenters. The lowest BCUT2D eigenvalue weighted by atomic mass is 10.1. The topological polar surface area (TPSA) is 92.5 Å². The number of aryl methyl sites for hydroxylation is 1. The molecule has 2 aromatic rings. The molecule has 0 saturated heterocycles. The van der Waals surface area contributed by atoms with E-state index >= 15 is 0 Å². The predicted octanol–water partition coefficient (Wildman–Crippen LogP) is 1.95. The SMILES string of the molecule is Cc1cc(S(N)(=O)=O)cc(NC(=O)CN2CCc3ccccc32)c1C. The molecule has 0 aromatic heterocycles. The van der Waals surface area contributed by atoms with Crippen LogP contribution in [0.15, 0.2) is 41.3 Å². The molecule has 2 aromatic carbocycles. The zero-order valence-electron chi connectivity index (χ0n) is 14.2. The maximum Gasteiger partial charge on any atom is 0.243 e. The number of primary sulfonamides is 1. The summed E-state index contributed by atoms with van der Waals surface area (Å²) in [4.78, 5) is 14.5. The van der Waals surface area contributed by atoms with Gasteiger partial charge in [-0.25, -0.2) is 13.6 Å². The Bertz CT molecular complexity index is 939. The number of hydrogen-bond acceptors (Lipinski definition) is 4. The fourth-order valence-corrected chi connectivity index (χ4v) is 3.68. The summed E-state index contributed by atoms with van der Waals surface area (Å²) in [7, 11) is -3.82. The van der Waals surface area contributed by atoms with Crippen molar-refractivity contribution in [2.45, 2.75) is 25.2 Å². The highest BCUT2D eigenvalue weighted by atomic mass is 32.2. The lowest BCUT2D eigenvalue weighted by Crippen LogP contribution is -2.32. The number of anilines is 2. The second-order valence-electron chi connectivity index (χ2n) is 6.31. The zero-order valence-corrected chi connectivity index (χ0v) is 15.1. The van der Waals surface area contributed by atoms with E-state index in [9.17, 15) is 13.2 Å². The molecule has 0 radical (unpaired) electrons. The Morgan fingerprint density at radius 1 is 1.24 bits per heavy atom. The summed E-state index contributed by atoms with van der Waals surface area (Å²) in [6, 6.07) is 10.9. The number of amides is 1. The van der Waals surface area contributed by atoms with Gasteiger partial charge in [-0.2, -0.15) is 0 Å². The Kier molecular flexibility index (Phi) is 4.53. The van der Waals surface area contributed by atoms with E-state index in [1.807, 2.05) is 30.0 Å². The van der Waals surface area contributed by atoms with Crippen LogP contribution in [0.3, 0.4) is 0 Å². The van der Waals surface area contributed by atoms with Gasteiger partial charge in [-0.3, -0.25) is 4.79 Å². The molecule has 0 atom stereocenters. The summed E-state index contributed by atoms with van der Waals surface area (Å²) in [5.41, 5.74) is 4.36. The van der Waals surface area contributed by atoms with Crippen LogP contribution in [0.4, 0.5) is 11.4 Å². The number of para-hydroxylation sites is 1. The van der Waals surface area contributed by atoms with Crippen LogP contribution >= 0.6 is 0 Å². The average molecular weight is 359 g/mol. The summed E-state index contributed by atoms with van der Waals surface area (Å²) in [5.74, 6) is -0.189. The number of benzene rings is 2. The molecule has 7 heteroatoms. The Morgan fingerprint density at radius 2 is 1.96 bits per heavy atom. The van der Waals surface area contributed by atoms with Gasteiger partial charge in [0.2, 0.25) is 15.9 Å². The Morgan fingerprint density at radius 3 is 2.68 bits per heavy atom. The fourth-order valence-electron chi connectivity index (χ4n) is 3.05. The van der Waals surface area contributed by atoms with Crippen LogP contribution in [0, 0.1) is 13.8 Å². The van der Waals surface area contributed by atoms with Crippen molar-refractivity contribution < 1.29 is 13.2 Å². The highest BCUT2D eigenvalue weighted by Crippen LogP contribution is 2.27. The van der Waals surface area contributed by atoms with Crippen molar-refractivity contribution in [2.24, 2.45) is 5.14 Å². The van der Waals surface area contributed by atoms with Gasteiger partial charge in [-0.05, 0) is 55.2 Å². The number of hydrogen-bond donors (Lipinski definition) is 2. The second-order valence-corrected chi connectivity index (χ2v) is 7.87. The summed E-state index contributed by atoms with van der Waals surface area (Å²) in [6.07, 6.45) is 0.919. The molecule has 0 spiro atoms. The highest BCUT2D eigenvalue weighted by Gasteiger charge is 2.21. The third-order valence-electron chi connectivity index (χ3n) is 4.56. The first-order chi connectivity index (χ1) is 11.8. The van der Waals surface area contributed by atoms with Crippen LogP contribution in [0.1, 0.15) is 16.7 Å². The molecular weight excluding hydrogens is 338 g/mol. The standard InChI is InChI=1S/C18H21N3O3S/c1-12-9-15(25(19,23)24)10-16(13(12)2)20-18(22)11-21-8-7-14-5-3-4-6-17(14)21/h3-6,9-10H,7-8,11H2,1-2H3,(H,20,22)(H2,19,23,24). The minimum atomic E-state index is -3.82. The van der Waals surface area contributed by atoms with Gasteiger partial charge in [0.15, 0.2) is 0 Å². The molecule has 25 heavy (non-hydrogen) atoms. The van der Waals surface area contributed by atoms with Crippen molar-refractivity contribution in [3.05, 3.63) is 53.1 Å². The molecule has 1 heterocycles. The van der Waals surface area contributed by atoms with Gasteiger partial charge in [0.25, 0.3) is 0 Å². The Balaban J connectivity index is 1.79. The van der Waals surface area contributed by atoms with Crippen LogP contribution < -0.4 is 15.4 Å². The van der Waals surface area contributed by atoms with E-state index in [-0.39, 0.29) is 17.3 Å². The quantitative estimate of drug-likeness (QED) is 0.873. The lowest BCUT2D eigenvalue weighted by Gasteiger charge is -2.19. The largest absolute Gasteiger partial charge is 0.362 e. The molecule has 0 saturated carbocycles. The first kappa shape index (κ1) is 17.4. The lowest BCUT2D eigenvalue weighted by molar-refractivity contribution is -0.115. The average Bonchev–Trinajstić information content (AvgIpc) is 2.94. The van der Waals surface area contributed by atoms with Crippen molar-refractivity contribution in [3.8, 4) is 0 Å². The molecule has 1 aliphatic rings. The van der Waals surface area contributed by atoms with Gasteiger partial charge >= 0.3 is 0 Å². The summed E-state index contributed by atoms with van der Waals surface area (Å²) in [5, 5.41) is 8.03. The Hall–Kier alpha value is -2.38. The summed E-state index contributed by atoms with van der Waals surface area (Å²) >= 11 is 0. The third-order valence-corrected chi connectivity index (χ3v) is 5.45. The van der Waals surface area contributed by atoms with Crippen LogP contribution in [0.5, 0.6) is 0 Å². The number of fused-ring (bicyclic) bond motifs is 1. The fraction of sp³-hybridized carbons (Fsp3) is 0.278. The van der Waals surface area contributed by atoms with E-state index in [0.29, 0.717) is 5.69 Å². The number of nitrogens with two attached hydrogens (primary N) is 1. The molecule has 3 rings (SSSR count). The summed E-state index contributed by atoms with van der Waals surface area (Å²) in [6.45, 7) is 4.64. The molecule has 0 bridgehead atoms. The van der Waals surface area contributed by atoms with Crippen molar-refractivity contribution in [3.63, 3.8) is 0 Å². The highest BCUT2D eigenvalue weighted by molar-refractivity contribution is 7.89. The predicted molar refractivity (Wildman–Crippen MR) is 98.3 cm³/mol. The van der Waals surface area contributed by atoms with Gasteiger partial charge in [-0.1, -0.05) is 18.2 Å². The molecule has 3 N–H and O–H groups in total. The number of nitrogens with zero attached hydrogens (tertiary/aromatic N) is 1. The first-order valence-corrected chi connectivity index (χ1v) is 9.57. The normalized spacial score (nSPS) is 13.6. The molecule has 1 aliphatic heterocycles. The zero-order chi connectivity index (χ0) is 18.2. The van der Waals surface area contributed by atoms with E-state index < -0.39 is 10.0 Å². The molecular formula is C18H21N3O3S. The third kappa shape index (κ3) is 3.67. The number of carbonyl (C=O) groups excluding carboxylic acids is 1. The second kappa shape index (κ2) is 6.50. The van der Waals surface area contributed by atoms with E-state index in [2.05, 4.69) is 11.4 Å². The number of sulfonamides is 1. The number of carbonyl (C=O) groups is 1. The monoisotopic (exact) mass is 359 g/mol. The van der Waals surface area contributed by atoms with Gasteiger partial charge in [0.1, 0.15) is 0 Å². The molecule has 132 valence electrons. The van der Waals surface area contributed by atoms with Crippen LogP contribution in [0.25, 0.3) is 0 Å². The van der Waals surface area contributed by atoms with E-state index in [1.165, 1.54) is 17.7 Å². The number of rotatable bonds is 4. The molecule has 0 fully saturated rings. The van der Waals surface area contributed by atoms with Crippen molar-refractivity contribution in [2.75, 3.05) is 23.3 Å². The summed E-state index contributed by atoms with van der Waals surface area (Å²) < 4.78 is 23.2. The van der Waals surface area contributed by atoms with E-state index in [0.717, 1.165) is 29.8 Å². The number of nitrogens with one attached hydrogen (secondary N) is 1. The first-order valence-electron chi connectivity index (χ1n) is 8.02. The smallest absolute Gasteiger partial charge is 0.243 e. The minimum absolute atomic E-state index is 0.00239. The maximum absolute atomic E-state index is 12.5. The van der Waals surface area contributed by atoms with E-state index in [4.69, 9.17) is 5.14 Å². The molecule has 1 amide bonds. The van der Waals surface area contributed by atoms with Crippen LogP contribution in [-0.2, 0) is 21.2 Å². The van der Waals surface area contributed by atoms with Crippen molar-refractivity contribution in [1.82, 2.24) is 0 Å². The van der Waals surface area contributed by atoms with Gasteiger partial charge in [0.05, 0.1) is 11.4 Å². The maximum atomic E-state index is 12.5. The molecule has 0 aliphatic carbocycles. The molecule has 6 nitrogen and oxygen atoms in total. The van der Waals surface area contributed by atoms with Gasteiger partial charge in [-0.15, -0.1) is 0 Å². The van der Waals surface area contributed by atoms with Crippen molar-refractivity contribution in [1.29, 1.82) is 0 Å². The minimum Gasteiger partial charge on any atom is -0.362 e. The van der Waals surface area contributed by atoms with Gasteiger partial charge in [0, 0.05) is 17.9 Å².